The average molecular weight is 428 g/mol. The van der Waals surface area contributed by atoms with Gasteiger partial charge in [-0.15, -0.1) is 0 Å². The van der Waals surface area contributed by atoms with Crippen LogP contribution in [0.1, 0.15) is 32.9 Å². The molecule has 1 fully saturated rings. The number of rotatable bonds is 3. The summed E-state index contributed by atoms with van der Waals surface area (Å²) in [4.78, 5) is 25.9. The summed E-state index contributed by atoms with van der Waals surface area (Å²) >= 11 is 0. The van der Waals surface area contributed by atoms with Gasteiger partial charge in [-0.05, 0) is 49.7 Å². The standard InChI is InChI=1S/C23H23F3N4O/c1-15-16(2)28-21-13-18(5-8-20(21)27-15)22(31)30-11-9-29(10-12-30)14-17-3-6-19(7-4-17)23(24,25)26/h3-8,13H,9-12,14H2,1-2H3. The minimum atomic E-state index is -4.32. The van der Waals surface area contributed by atoms with Gasteiger partial charge in [-0.2, -0.15) is 13.2 Å². The number of piperazine rings is 1. The van der Waals surface area contributed by atoms with Gasteiger partial charge in [0.05, 0.1) is 28.0 Å². The molecule has 0 saturated carbocycles. The lowest BCUT2D eigenvalue weighted by Crippen LogP contribution is -2.48. The molecule has 3 aromatic rings. The van der Waals surface area contributed by atoms with Crippen LogP contribution in [0.2, 0.25) is 0 Å². The predicted octanol–water partition coefficient (Wildman–Crippen LogP) is 4.22. The summed E-state index contributed by atoms with van der Waals surface area (Å²) in [6.45, 7) is 6.82. The second-order valence-electron chi connectivity index (χ2n) is 7.86. The summed E-state index contributed by atoms with van der Waals surface area (Å²) in [6, 6.07) is 10.6. The van der Waals surface area contributed by atoms with Gasteiger partial charge in [0.15, 0.2) is 0 Å². The molecule has 1 saturated heterocycles. The van der Waals surface area contributed by atoms with Gasteiger partial charge in [-0.25, -0.2) is 9.97 Å². The Balaban J connectivity index is 1.37. The first-order chi connectivity index (χ1) is 14.7. The van der Waals surface area contributed by atoms with Crippen LogP contribution in [-0.2, 0) is 12.7 Å². The molecule has 0 aliphatic carbocycles. The van der Waals surface area contributed by atoms with Crippen LogP contribution in [0, 0.1) is 13.8 Å². The van der Waals surface area contributed by atoms with Crippen LogP contribution in [0.4, 0.5) is 13.2 Å². The zero-order valence-corrected chi connectivity index (χ0v) is 17.4. The lowest BCUT2D eigenvalue weighted by Gasteiger charge is -2.34. The largest absolute Gasteiger partial charge is 0.416 e. The van der Waals surface area contributed by atoms with Crippen LogP contribution in [0.3, 0.4) is 0 Å². The first kappa shape index (κ1) is 21.2. The number of carbonyl (C=O) groups is 1. The van der Waals surface area contributed by atoms with Crippen molar-refractivity contribution in [1.82, 2.24) is 19.8 Å². The van der Waals surface area contributed by atoms with E-state index in [1.807, 2.05) is 19.9 Å². The molecule has 0 bridgehead atoms. The van der Waals surface area contributed by atoms with E-state index < -0.39 is 11.7 Å². The number of benzene rings is 2. The van der Waals surface area contributed by atoms with Crippen molar-refractivity contribution in [3.8, 4) is 0 Å². The van der Waals surface area contributed by atoms with Crippen molar-refractivity contribution in [3.05, 3.63) is 70.5 Å². The topological polar surface area (TPSA) is 49.3 Å². The third-order valence-electron chi connectivity index (χ3n) is 5.67. The van der Waals surface area contributed by atoms with E-state index in [1.54, 1.807) is 17.0 Å². The summed E-state index contributed by atoms with van der Waals surface area (Å²) in [6.07, 6.45) is -4.32. The lowest BCUT2D eigenvalue weighted by molar-refractivity contribution is -0.137. The zero-order valence-electron chi connectivity index (χ0n) is 17.4. The third-order valence-corrected chi connectivity index (χ3v) is 5.67. The Morgan fingerprint density at radius 3 is 2.13 bits per heavy atom. The molecular weight excluding hydrogens is 405 g/mol. The molecule has 2 heterocycles. The molecule has 0 unspecified atom stereocenters. The molecular formula is C23H23F3N4O. The molecule has 0 radical (unpaired) electrons. The molecule has 4 rings (SSSR count). The van der Waals surface area contributed by atoms with E-state index in [0.29, 0.717) is 43.8 Å². The molecule has 5 nitrogen and oxygen atoms in total. The maximum absolute atomic E-state index is 12.9. The number of fused-ring (bicyclic) bond motifs is 1. The van der Waals surface area contributed by atoms with E-state index in [9.17, 15) is 18.0 Å². The maximum Gasteiger partial charge on any atom is 0.416 e. The van der Waals surface area contributed by atoms with E-state index in [0.717, 1.165) is 34.6 Å². The van der Waals surface area contributed by atoms with Crippen LogP contribution in [0.5, 0.6) is 0 Å². The Bertz CT molecular complexity index is 1100. The number of hydrogen-bond acceptors (Lipinski definition) is 4. The van der Waals surface area contributed by atoms with Crippen molar-refractivity contribution < 1.29 is 18.0 Å². The summed E-state index contributed by atoms with van der Waals surface area (Å²) in [5.41, 5.74) is 3.95. The lowest BCUT2D eigenvalue weighted by atomic mass is 10.1. The van der Waals surface area contributed by atoms with Crippen LogP contribution in [0.25, 0.3) is 11.0 Å². The van der Waals surface area contributed by atoms with Crippen molar-refractivity contribution in [2.24, 2.45) is 0 Å². The second kappa shape index (κ2) is 8.26. The fourth-order valence-corrected chi connectivity index (χ4v) is 3.71. The third kappa shape index (κ3) is 4.69. The van der Waals surface area contributed by atoms with Crippen LogP contribution < -0.4 is 0 Å². The quantitative estimate of drug-likeness (QED) is 0.627. The van der Waals surface area contributed by atoms with Crippen molar-refractivity contribution in [1.29, 1.82) is 0 Å². The number of amides is 1. The number of aromatic nitrogens is 2. The van der Waals surface area contributed by atoms with Crippen molar-refractivity contribution in [2.45, 2.75) is 26.6 Å². The zero-order chi connectivity index (χ0) is 22.2. The Kier molecular flexibility index (Phi) is 5.66. The molecule has 31 heavy (non-hydrogen) atoms. The van der Waals surface area contributed by atoms with Gasteiger partial charge in [0.2, 0.25) is 0 Å². The maximum atomic E-state index is 12.9. The Morgan fingerprint density at radius 2 is 1.52 bits per heavy atom. The van der Waals surface area contributed by atoms with Gasteiger partial charge in [0.25, 0.3) is 5.91 Å². The van der Waals surface area contributed by atoms with E-state index >= 15 is 0 Å². The highest BCUT2D eigenvalue weighted by molar-refractivity contribution is 5.97. The summed E-state index contributed by atoms with van der Waals surface area (Å²) in [5, 5.41) is 0. The molecule has 0 N–H and O–H groups in total. The van der Waals surface area contributed by atoms with Gasteiger partial charge in [-0.1, -0.05) is 12.1 Å². The van der Waals surface area contributed by atoms with Crippen LogP contribution >= 0.6 is 0 Å². The highest BCUT2D eigenvalue weighted by Gasteiger charge is 2.30. The van der Waals surface area contributed by atoms with E-state index in [2.05, 4.69) is 14.9 Å². The Labute approximate surface area is 178 Å². The molecule has 2 aromatic carbocycles. The smallest absolute Gasteiger partial charge is 0.336 e. The van der Waals surface area contributed by atoms with Crippen LogP contribution in [-0.4, -0.2) is 51.9 Å². The highest BCUT2D eigenvalue weighted by Crippen LogP contribution is 2.29. The molecule has 1 aliphatic rings. The first-order valence-electron chi connectivity index (χ1n) is 10.1. The molecule has 162 valence electrons. The molecule has 0 atom stereocenters. The normalized spacial score (nSPS) is 15.5. The number of aryl methyl sites for hydroxylation is 2. The number of halogens is 3. The predicted molar refractivity (Wildman–Crippen MR) is 112 cm³/mol. The average Bonchev–Trinajstić information content (AvgIpc) is 2.74. The molecule has 1 aliphatic heterocycles. The fourth-order valence-electron chi connectivity index (χ4n) is 3.71. The first-order valence-corrected chi connectivity index (χ1v) is 10.1. The van der Waals surface area contributed by atoms with Gasteiger partial charge < -0.3 is 4.90 Å². The molecule has 8 heteroatoms. The summed E-state index contributed by atoms with van der Waals surface area (Å²) < 4.78 is 38.1. The van der Waals surface area contributed by atoms with E-state index in [4.69, 9.17) is 0 Å². The molecule has 1 aromatic heterocycles. The Hall–Kier alpha value is -3.00. The highest BCUT2D eigenvalue weighted by atomic mass is 19.4. The van der Waals surface area contributed by atoms with Crippen molar-refractivity contribution >= 4 is 16.9 Å². The number of carbonyl (C=O) groups excluding carboxylic acids is 1. The number of hydrogen-bond donors (Lipinski definition) is 0. The Morgan fingerprint density at radius 1 is 0.903 bits per heavy atom. The van der Waals surface area contributed by atoms with Gasteiger partial charge in [0.1, 0.15) is 0 Å². The monoisotopic (exact) mass is 428 g/mol. The molecule has 1 amide bonds. The summed E-state index contributed by atoms with van der Waals surface area (Å²) in [5.74, 6) is -0.0453. The summed E-state index contributed by atoms with van der Waals surface area (Å²) in [7, 11) is 0. The van der Waals surface area contributed by atoms with Crippen molar-refractivity contribution in [3.63, 3.8) is 0 Å². The second-order valence-corrected chi connectivity index (χ2v) is 7.86. The number of alkyl halides is 3. The molecule has 0 spiro atoms. The SMILES string of the molecule is Cc1nc2ccc(C(=O)N3CCN(Cc4ccc(C(F)(F)F)cc4)CC3)cc2nc1C. The van der Waals surface area contributed by atoms with E-state index in [-0.39, 0.29) is 5.91 Å². The minimum Gasteiger partial charge on any atom is -0.336 e. The van der Waals surface area contributed by atoms with Gasteiger partial charge in [-0.3, -0.25) is 9.69 Å². The van der Waals surface area contributed by atoms with Gasteiger partial charge in [0, 0.05) is 38.3 Å². The van der Waals surface area contributed by atoms with Crippen LogP contribution in [0.15, 0.2) is 42.5 Å². The minimum absolute atomic E-state index is 0.0453. The number of nitrogens with zero attached hydrogens (tertiary/aromatic N) is 4. The van der Waals surface area contributed by atoms with E-state index in [1.165, 1.54) is 12.1 Å². The van der Waals surface area contributed by atoms with Crippen molar-refractivity contribution in [2.75, 3.05) is 26.2 Å². The van der Waals surface area contributed by atoms with Gasteiger partial charge >= 0.3 is 6.18 Å². The fraction of sp³-hybridized carbons (Fsp3) is 0.348.